The smallest absolute Gasteiger partial charge is 0.367 e. The monoisotopic (exact) mass is 275 g/mol. The third-order valence-electron chi connectivity index (χ3n) is 2.78. The normalized spacial score (nSPS) is 16.4. The van der Waals surface area contributed by atoms with Crippen LogP contribution in [0.3, 0.4) is 0 Å². The van der Waals surface area contributed by atoms with Gasteiger partial charge in [0.15, 0.2) is 0 Å². The summed E-state index contributed by atoms with van der Waals surface area (Å²) in [6, 6.07) is 0. The molecule has 9 heteroatoms. The molecule has 2 N–H and O–H groups in total. The van der Waals surface area contributed by atoms with E-state index in [1.54, 1.807) is 0 Å². The van der Waals surface area contributed by atoms with Crippen molar-refractivity contribution in [3.05, 3.63) is 18.0 Å². The largest absolute Gasteiger partial charge is 0.412 e. The minimum absolute atomic E-state index is 0.0438. The van der Waals surface area contributed by atoms with Gasteiger partial charge in [-0.1, -0.05) is 6.08 Å². The molecule has 0 atom stereocenters. The summed E-state index contributed by atoms with van der Waals surface area (Å²) in [6.45, 7) is -0.0778. The number of anilines is 1. The lowest BCUT2D eigenvalue weighted by atomic mass is 10.1. The summed E-state index contributed by atoms with van der Waals surface area (Å²) in [5.41, 5.74) is 4.71. The van der Waals surface area contributed by atoms with Gasteiger partial charge in [-0.15, -0.1) is 5.10 Å². The van der Waals surface area contributed by atoms with Crippen molar-refractivity contribution >= 4 is 11.9 Å². The number of nitrogen functional groups attached to an aromatic ring is 1. The number of amides is 1. The van der Waals surface area contributed by atoms with Gasteiger partial charge >= 0.3 is 6.18 Å². The summed E-state index contributed by atoms with van der Waals surface area (Å²) in [7, 11) is 0. The minimum atomic E-state index is -4.31. The maximum Gasteiger partial charge on any atom is 0.412 e. The number of hydrogen-bond acceptors (Lipinski definition) is 4. The summed E-state index contributed by atoms with van der Waals surface area (Å²) in [4.78, 5) is 16.8. The summed E-state index contributed by atoms with van der Waals surface area (Å²) in [6.07, 6.45) is -2.16. The number of halogens is 3. The van der Waals surface area contributed by atoms with Crippen LogP contribution in [0.2, 0.25) is 0 Å². The maximum absolute atomic E-state index is 12.4. The lowest BCUT2D eigenvalue weighted by molar-refractivity contribution is -0.133. The molecule has 1 aliphatic heterocycles. The van der Waals surface area contributed by atoms with Crippen molar-refractivity contribution < 1.29 is 18.0 Å². The lowest BCUT2D eigenvalue weighted by Gasteiger charge is -2.27. The molecule has 1 amide bonds. The van der Waals surface area contributed by atoms with E-state index in [0.29, 0.717) is 0 Å². The van der Waals surface area contributed by atoms with E-state index in [1.165, 1.54) is 15.9 Å². The second-order valence-electron chi connectivity index (χ2n) is 4.12. The van der Waals surface area contributed by atoms with Crippen LogP contribution in [0, 0.1) is 0 Å². The van der Waals surface area contributed by atoms with Crippen LogP contribution in [0.1, 0.15) is 6.42 Å². The van der Waals surface area contributed by atoms with Crippen molar-refractivity contribution in [3.8, 4) is 0 Å². The Bertz CT molecular complexity index is 508. The first kappa shape index (κ1) is 13.4. The molecule has 0 aromatic carbocycles. The van der Waals surface area contributed by atoms with Crippen LogP contribution in [0.25, 0.3) is 0 Å². The van der Waals surface area contributed by atoms with Crippen LogP contribution in [-0.2, 0) is 11.3 Å². The minimum Gasteiger partial charge on any atom is -0.367 e. The summed E-state index contributed by atoms with van der Waals surface area (Å²) in [5.74, 6) is -0.270. The molecular weight excluding hydrogens is 263 g/mol. The third-order valence-corrected chi connectivity index (χ3v) is 2.78. The number of carbonyl (C=O) groups is 1. The fraction of sp³-hybridized carbons (Fsp3) is 0.500. The summed E-state index contributed by atoms with van der Waals surface area (Å²) >= 11 is 0. The van der Waals surface area contributed by atoms with Crippen LogP contribution in [-0.4, -0.2) is 44.8 Å². The molecule has 19 heavy (non-hydrogen) atoms. The van der Waals surface area contributed by atoms with E-state index in [0.717, 1.165) is 6.08 Å². The van der Waals surface area contributed by atoms with Crippen molar-refractivity contribution in [1.29, 1.82) is 0 Å². The zero-order valence-electron chi connectivity index (χ0n) is 9.89. The van der Waals surface area contributed by atoms with E-state index in [2.05, 4.69) is 10.1 Å². The van der Waals surface area contributed by atoms with Gasteiger partial charge in [-0.2, -0.15) is 13.2 Å². The fourth-order valence-electron chi connectivity index (χ4n) is 1.78. The third kappa shape index (κ3) is 3.24. The van der Waals surface area contributed by atoms with Gasteiger partial charge in [0.25, 0.3) is 0 Å². The van der Waals surface area contributed by atoms with Crippen molar-refractivity contribution in [2.75, 3.05) is 18.8 Å². The topological polar surface area (TPSA) is 77.0 Å². The lowest BCUT2D eigenvalue weighted by Crippen LogP contribution is -2.38. The average Bonchev–Trinajstić information content (AvgIpc) is 2.74. The average molecular weight is 275 g/mol. The summed E-state index contributed by atoms with van der Waals surface area (Å²) in [5, 5.41) is 3.74. The first-order valence-corrected chi connectivity index (χ1v) is 5.55. The molecule has 6 nitrogen and oxygen atoms in total. The van der Waals surface area contributed by atoms with E-state index in [-0.39, 0.29) is 37.9 Å². The molecule has 0 unspecified atom stereocenters. The Kier molecular flexibility index (Phi) is 3.45. The predicted molar refractivity (Wildman–Crippen MR) is 59.8 cm³/mol. The molecule has 0 radical (unpaired) electrons. The number of carbonyl (C=O) groups excluding carboxylic acids is 1. The van der Waals surface area contributed by atoms with E-state index in [1.807, 2.05) is 0 Å². The highest BCUT2D eigenvalue weighted by molar-refractivity contribution is 5.76. The molecule has 0 saturated heterocycles. The number of rotatable bonds is 2. The number of hydrogen-bond donors (Lipinski definition) is 1. The fourth-order valence-corrected chi connectivity index (χ4v) is 1.78. The Morgan fingerprint density at radius 3 is 2.68 bits per heavy atom. The van der Waals surface area contributed by atoms with Crippen LogP contribution < -0.4 is 5.73 Å². The second kappa shape index (κ2) is 4.90. The van der Waals surface area contributed by atoms with Gasteiger partial charge in [-0.05, 0) is 6.42 Å². The SMILES string of the molecule is Nc1ncn(CC(=O)N2CC=C(C(F)(F)F)CC2)n1. The van der Waals surface area contributed by atoms with Gasteiger partial charge in [-0.25, -0.2) is 9.67 Å². The molecule has 104 valence electrons. The summed E-state index contributed by atoms with van der Waals surface area (Å²) < 4.78 is 38.5. The molecule has 0 spiro atoms. The number of alkyl halides is 3. The van der Waals surface area contributed by atoms with Crippen LogP contribution in [0.5, 0.6) is 0 Å². The van der Waals surface area contributed by atoms with Crippen molar-refractivity contribution in [3.63, 3.8) is 0 Å². The van der Waals surface area contributed by atoms with E-state index in [9.17, 15) is 18.0 Å². The van der Waals surface area contributed by atoms with E-state index >= 15 is 0 Å². The first-order valence-electron chi connectivity index (χ1n) is 5.55. The maximum atomic E-state index is 12.4. The Balaban J connectivity index is 1.94. The van der Waals surface area contributed by atoms with Gasteiger partial charge in [0.1, 0.15) is 12.9 Å². The zero-order valence-corrected chi connectivity index (χ0v) is 9.89. The Labute approximate surface area is 106 Å². The Morgan fingerprint density at radius 1 is 1.47 bits per heavy atom. The molecular formula is C10H12F3N5O. The standard InChI is InChI=1S/C10H12F3N5O/c11-10(12,13)7-1-3-17(4-2-7)8(19)5-18-6-15-9(14)16-18/h1,6H,2-5H2,(H2,14,16). The molecule has 0 bridgehead atoms. The molecule has 2 heterocycles. The van der Waals surface area contributed by atoms with E-state index in [4.69, 9.17) is 5.73 Å². The molecule has 1 aromatic heterocycles. The number of nitrogens with zero attached hydrogens (tertiary/aromatic N) is 4. The van der Waals surface area contributed by atoms with E-state index < -0.39 is 11.7 Å². The van der Waals surface area contributed by atoms with Crippen molar-refractivity contribution in [2.24, 2.45) is 0 Å². The van der Waals surface area contributed by atoms with Gasteiger partial charge in [0.2, 0.25) is 11.9 Å². The Morgan fingerprint density at radius 2 is 2.21 bits per heavy atom. The molecule has 1 aliphatic rings. The number of aromatic nitrogens is 3. The number of nitrogens with two attached hydrogens (primary N) is 1. The second-order valence-corrected chi connectivity index (χ2v) is 4.12. The highest BCUT2D eigenvalue weighted by Gasteiger charge is 2.35. The predicted octanol–water partition coefficient (Wildman–Crippen LogP) is 0.581. The molecule has 0 fully saturated rings. The van der Waals surface area contributed by atoms with Crippen molar-refractivity contribution in [2.45, 2.75) is 19.1 Å². The van der Waals surface area contributed by atoms with Crippen LogP contribution in [0.4, 0.5) is 19.1 Å². The molecule has 2 rings (SSSR count). The highest BCUT2D eigenvalue weighted by atomic mass is 19.4. The quantitative estimate of drug-likeness (QED) is 0.801. The zero-order chi connectivity index (χ0) is 14.0. The van der Waals surface area contributed by atoms with Crippen LogP contribution in [0.15, 0.2) is 18.0 Å². The molecule has 0 aliphatic carbocycles. The van der Waals surface area contributed by atoms with Crippen molar-refractivity contribution in [1.82, 2.24) is 19.7 Å². The molecule has 1 aromatic rings. The van der Waals surface area contributed by atoms with Gasteiger partial charge < -0.3 is 10.6 Å². The first-order chi connectivity index (χ1) is 8.86. The molecule has 0 saturated carbocycles. The van der Waals surface area contributed by atoms with Gasteiger partial charge in [0, 0.05) is 18.7 Å². The Hall–Kier alpha value is -2.06. The van der Waals surface area contributed by atoms with Gasteiger partial charge in [0.05, 0.1) is 0 Å². The van der Waals surface area contributed by atoms with Gasteiger partial charge in [-0.3, -0.25) is 4.79 Å². The van der Waals surface area contributed by atoms with Crippen LogP contribution >= 0.6 is 0 Å². The highest BCUT2D eigenvalue weighted by Crippen LogP contribution is 2.30.